The molecule has 1 unspecified atom stereocenters. The molecule has 1 heterocycles. The fourth-order valence-corrected chi connectivity index (χ4v) is 4.26. The fraction of sp³-hybridized carbons (Fsp3) is 0.571. The zero-order chi connectivity index (χ0) is 15.8. The molecule has 0 bridgehead atoms. The van der Waals surface area contributed by atoms with Gasteiger partial charge in [0.25, 0.3) is 0 Å². The highest BCUT2D eigenvalue weighted by molar-refractivity contribution is 7.89. The summed E-state index contributed by atoms with van der Waals surface area (Å²) in [6.45, 7) is 6.28. The average molecular weight is 314 g/mol. The molecule has 6 nitrogen and oxygen atoms in total. The van der Waals surface area contributed by atoms with E-state index >= 15 is 0 Å². The van der Waals surface area contributed by atoms with E-state index in [0.29, 0.717) is 24.5 Å². The molecule has 0 amide bonds. The van der Waals surface area contributed by atoms with Gasteiger partial charge in [-0.1, -0.05) is 0 Å². The van der Waals surface area contributed by atoms with Crippen molar-refractivity contribution in [1.82, 2.24) is 4.31 Å². The van der Waals surface area contributed by atoms with Crippen LogP contribution < -0.4 is 10.5 Å². The molecule has 1 aliphatic rings. The number of ether oxygens (including phenoxy) is 2. The van der Waals surface area contributed by atoms with Crippen molar-refractivity contribution in [3.63, 3.8) is 0 Å². The van der Waals surface area contributed by atoms with E-state index in [9.17, 15) is 8.42 Å². The molecule has 0 radical (unpaired) electrons. The highest BCUT2D eigenvalue weighted by Gasteiger charge is 2.38. The summed E-state index contributed by atoms with van der Waals surface area (Å²) in [4.78, 5) is 0.179. The molecular weight excluding hydrogens is 292 g/mol. The number of rotatable bonds is 3. The average Bonchev–Trinajstić information content (AvgIpc) is 2.36. The Balaban J connectivity index is 2.37. The Morgan fingerprint density at radius 3 is 2.67 bits per heavy atom. The van der Waals surface area contributed by atoms with Crippen molar-refractivity contribution < 1.29 is 17.9 Å². The van der Waals surface area contributed by atoms with E-state index in [0.717, 1.165) is 0 Å². The van der Waals surface area contributed by atoms with Gasteiger partial charge in [0.05, 0.1) is 29.4 Å². The van der Waals surface area contributed by atoms with Crippen molar-refractivity contribution in [2.24, 2.45) is 0 Å². The summed E-state index contributed by atoms with van der Waals surface area (Å²) in [6, 6.07) is 4.50. The van der Waals surface area contributed by atoms with Gasteiger partial charge in [0.1, 0.15) is 5.75 Å². The van der Waals surface area contributed by atoms with Crippen molar-refractivity contribution in [2.75, 3.05) is 25.9 Å². The van der Waals surface area contributed by atoms with E-state index in [1.807, 2.05) is 20.8 Å². The van der Waals surface area contributed by atoms with Gasteiger partial charge in [-0.3, -0.25) is 0 Å². The number of morpholine rings is 1. The maximum absolute atomic E-state index is 12.8. The van der Waals surface area contributed by atoms with Crippen molar-refractivity contribution >= 4 is 15.7 Å². The third-order valence-electron chi connectivity index (χ3n) is 3.38. The molecule has 1 atom stereocenters. The largest absolute Gasteiger partial charge is 0.495 e. The molecule has 0 aliphatic carbocycles. The molecule has 2 rings (SSSR count). The molecule has 2 N–H and O–H groups in total. The molecule has 1 saturated heterocycles. The number of nitrogens with two attached hydrogens (primary N) is 1. The van der Waals surface area contributed by atoms with Crippen molar-refractivity contribution in [2.45, 2.75) is 37.4 Å². The first-order chi connectivity index (χ1) is 9.65. The highest BCUT2D eigenvalue weighted by atomic mass is 32.2. The number of nitrogen functional groups attached to an aromatic ring is 1. The first-order valence-electron chi connectivity index (χ1n) is 6.77. The normalized spacial score (nSPS) is 23.0. The fourth-order valence-electron chi connectivity index (χ4n) is 2.58. The summed E-state index contributed by atoms with van der Waals surface area (Å²) in [6.07, 6.45) is -0.154. The first-order valence-corrected chi connectivity index (χ1v) is 8.21. The topological polar surface area (TPSA) is 81.9 Å². The minimum atomic E-state index is -3.60. The summed E-state index contributed by atoms with van der Waals surface area (Å²) >= 11 is 0. The maximum Gasteiger partial charge on any atom is 0.243 e. The number of hydrogen-bond acceptors (Lipinski definition) is 5. The Morgan fingerprint density at radius 1 is 1.43 bits per heavy atom. The first kappa shape index (κ1) is 16.1. The van der Waals surface area contributed by atoms with Crippen LogP contribution in [0.25, 0.3) is 0 Å². The maximum atomic E-state index is 12.8. The van der Waals surface area contributed by atoms with Crippen LogP contribution in [0.2, 0.25) is 0 Å². The monoisotopic (exact) mass is 314 g/mol. The molecular formula is C14H22N2O4S. The van der Waals surface area contributed by atoms with E-state index in [1.54, 1.807) is 6.07 Å². The van der Waals surface area contributed by atoms with Crippen LogP contribution in [0.3, 0.4) is 0 Å². The minimum Gasteiger partial charge on any atom is -0.495 e. The molecule has 118 valence electrons. The van der Waals surface area contributed by atoms with Crippen LogP contribution in [0, 0.1) is 0 Å². The SMILES string of the molecule is COc1cc(S(=O)(=O)N2CC(C)OC(C)(C)C2)ccc1N. The molecule has 1 aliphatic heterocycles. The van der Waals surface area contributed by atoms with Gasteiger partial charge in [0.2, 0.25) is 10.0 Å². The van der Waals surface area contributed by atoms with Gasteiger partial charge >= 0.3 is 0 Å². The summed E-state index contributed by atoms with van der Waals surface area (Å²) in [5.74, 6) is 0.358. The van der Waals surface area contributed by atoms with E-state index in [4.69, 9.17) is 15.2 Å². The number of benzene rings is 1. The summed E-state index contributed by atoms with van der Waals surface area (Å²) in [5.41, 5.74) is 5.63. The van der Waals surface area contributed by atoms with Gasteiger partial charge in [0, 0.05) is 19.2 Å². The zero-order valence-corrected chi connectivity index (χ0v) is 13.6. The molecule has 1 aromatic carbocycles. The number of hydrogen-bond donors (Lipinski definition) is 1. The van der Waals surface area contributed by atoms with Gasteiger partial charge in [-0.05, 0) is 32.9 Å². The van der Waals surface area contributed by atoms with Gasteiger partial charge in [0.15, 0.2) is 0 Å². The molecule has 7 heteroatoms. The lowest BCUT2D eigenvalue weighted by atomic mass is 10.1. The van der Waals surface area contributed by atoms with E-state index in [2.05, 4.69) is 0 Å². The van der Waals surface area contributed by atoms with Crippen molar-refractivity contribution in [1.29, 1.82) is 0 Å². The third kappa shape index (κ3) is 3.30. The molecule has 1 fully saturated rings. The highest BCUT2D eigenvalue weighted by Crippen LogP contribution is 2.30. The van der Waals surface area contributed by atoms with Gasteiger partial charge in [-0.25, -0.2) is 8.42 Å². The lowest BCUT2D eigenvalue weighted by molar-refractivity contribution is -0.109. The number of sulfonamides is 1. The summed E-state index contributed by atoms with van der Waals surface area (Å²) in [7, 11) is -2.14. The smallest absolute Gasteiger partial charge is 0.243 e. The van der Waals surface area contributed by atoms with Gasteiger partial charge in [-0.15, -0.1) is 0 Å². The second-order valence-corrected chi connectivity index (χ2v) is 7.83. The van der Waals surface area contributed by atoms with Crippen LogP contribution in [0.5, 0.6) is 5.75 Å². The minimum absolute atomic E-state index is 0.154. The Hall–Kier alpha value is -1.31. The lowest BCUT2D eigenvalue weighted by Crippen LogP contribution is -2.53. The number of methoxy groups -OCH3 is 1. The van der Waals surface area contributed by atoms with Crippen LogP contribution in [-0.4, -0.2) is 44.6 Å². The third-order valence-corrected chi connectivity index (χ3v) is 5.19. The van der Waals surface area contributed by atoms with Crippen LogP contribution in [-0.2, 0) is 14.8 Å². The molecule has 1 aromatic rings. The standard InChI is InChI=1S/C14H22N2O4S/c1-10-8-16(9-14(2,3)20-10)21(17,18)11-5-6-12(15)13(7-11)19-4/h5-7,10H,8-9,15H2,1-4H3. The number of nitrogens with zero attached hydrogens (tertiary/aromatic N) is 1. The zero-order valence-electron chi connectivity index (χ0n) is 12.8. The van der Waals surface area contributed by atoms with Crippen LogP contribution in [0.4, 0.5) is 5.69 Å². The predicted octanol–water partition coefficient (Wildman–Crippen LogP) is 1.47. The number of anilines is 1. The Labute approximate surface area is 125 Å². The Morgan fingerprint density at radius 2 is 2.10 bits per heavy atom. The van der Waals surface area contributed by atoms with E-state index < -0.39 is 15.6 Å². The Bertz CT molecular complexity index is 628. The van der Waals surface area contributed by atoms with Crippen molar-refractivity contribution in [3.8, 4) is 5.75 Å². The van der Waals surface area contributed by atoms with Crippen LogP contribution in [0.15, 0.2) is 23.1 Å². The quantitative estimate of drug-likeness (QED) is 0.854. The predicted molar refractivity (Wildman–Crippen MR) is 80.8 cm³/mol. The van der Waals surface area contributed by atoms with E-state index in [1.165, 1.54) is 23.5 Å². The molecule has 0 aromatic heterocycles. The Kier molecular flexibility index (Phi) is 4.19. The second kappa shape index (κ2) is 5.47. The summed E-state index contributed by atoms with van der Waals surface area (Å²) in [5, 5.41) is 0. The van der Waals surface area contributed by atoms with Gasteiger partial charge < -0.3 is 15.2 Å². The lowest BCUT2D eigenvalue weighted by Gasteiger charge is -2.40. The van der Waals surface area contributed by atoms with Gasteiger partial charge in [-0.2, -0.15) is 4.31 Å². The van der Waals surface area contributed by atoms with E-state index in [-0.39, 0.29) is 11.0 Å². The second-order valence-electron chi connectivity index (χ2n) is 5.89. The molecule has 21 heavy (non-hydrogen) atoms. The molecule has 0 spiro atoms. The summed E-state index contributed by atoms with van der Waals surface area (Å²) < 4.78 is 37.8. The van der Waals surface area contributed by atoms with Crippen LogP contribution >= 0.6 is 0 Å². The van der Waals surface area contributed by atoms with Crippen LogP contribution in [0.1, 0.15) is 20.8 Å². The van der Waals surface area contributed by atoms with Crippen molar-refractivity contribution in [3.05, 3.63) is 18.2 Å². The molecule has 0 saturated carbocycles.